The fraction of sp³-hybridized carbons (Fsp3) is 0.400. The van der Waals surface area contributed by atoms with E-state index in [1.165, 1.54) is 13.2 Å². The number of nitrogens with one attached hydrogen (secondary N) is 1. The van der Waals surface area contributed by atoms with E-state index in [-0.39, 0.29) is 29.6 Å². The topological polar surface area (TPSA) is 103 Å². The zero-order valence-corrected chi connectivity index (χ0v) is 22.6. The number of ether oxygens (including phenoxy) is 4. The third-order valence-electron chi connectivity index (χ3n) is 7.19. The molecular weight excluding hydrogens is 486 g/mol. The number of esters is 1. The van der Waals surface area contributed by atoms with Gasteiger partial charge in [0.2, 0.25) is 0 Å². The predicted octanol–water partition coefficient (Wildman–Crippen LogP) is 5.12. The van der Waals surface area contributed by atoms with Crippen LogP contribution < -0.4 is 19.5 Å². The van der Waals surface area contributed by atoms with Crippen LogP contribution in [-0.2, 0) is 14.3 Å². The summed E-state index contributed by atoms with van der Waals surface area (Å²) in [5.74, 6) is 0.255. The van der Waals surface area contributed by atoms with E-state index in [0.717, 1.165) is 24.1 Å². The first-order chi connectivity index (χ1) is 18.3. The number of unbranched alkanes of at least 4 members (excludes halogenated alkanes) is 1. The zero-order chi connectivity index (χ0) is 27.4. The van der Waals surface area contributed by atoms with E-state index >= 15 is 0 Å². The van der Waals surface area contributed by atoms with Crippen molar-refractivity contribution in [1.82, 2.24) is 5.32 Å². The Balaban J connectivity index is 1.77. The van der Waals surface area contributed by atoms with Crippen molar-refractivity contribution in [2.24, 2.45) is 0 Å². The SMILES string of the molecule is CCCCOC(=O)C1=C(C)NC2=C(C(=O)C[C@@H](c3ccc(OC)c(OC)c3)C2)[C@@H]1c1ccc(O)c(OC)c1. The molecule has 1 aliphatic carbocycles. The van der Waals surface area contributed by atoms with Crippen molar-refractivity contribution < 1.29 is 33.6 Å². The van der Waals surface area contributed by atoms with Crippen LogP contribution in [0.15, 0.2) is 58.9 Å². The molecule has 0 saturated carbocycles. The maximum atomic E-state index is 13.8. The minimum absolute atomic E-state index is 0.0179. The Labute approximate surface area is 223 Å². The highest BCUT2D eigenvalue weighted by molar-refractivity contribution is 6.04. The molecule has 1 aliphatic heterocycles. The number of allylic oxidation sites excluding steroid dienone is 3. The lowest BCUT2D eigenvalue weighted by molar-refractivity contribution is -0.139. The molecular formula is C30H35NO7. The van der Waals surface area contributed by atoms with E-state index in [9.17, 15) is 14.7 Å². The lowest BCUT2D eigenvalue weighted by Crippen LogP contribution is -2.36. The van der Waals surface area contributed by atoms with Crippen LogP contribution in [0.25, 0.3) is 0 Å². The molecule has 2 N–H and O–H groups in total. The van der Waals surface area contributed by atoms with Crippen LogP contribution in [0, 0.1) is 0 Å². The number of phenolic OH excluding ortho intramolecular Hbond substituents is 1. The molecule has 4 rings (SSSR count). The summed E-state index contributed by atoms with van der Waals surface area (Å²) in [7, 11) is 4.64. The quantitative estimate of drug-likeness (QED) is 0.346. The summed E-state index contributed by atoms with van der Waals surface area (Å²) in [6.45, 7) is 4.16. The fourth-order valence-corrected chi connectivity index (χ4v) is 5.25. The van der Waals surface area contributed by atoms with E-state index < -0.39 is 11.9 Å². The second-order valence-electron chi connectivity index (χ2n) is 9.55. The van der Waals surface area contributed by atoms with Gasteiger partial charge in [-0.3, -0.25) is 4.79 Å². The highest BCUT2D eigenvalue weighted by atomic mass is 16.5. The average molecular weight is 522 g/mol. The Morgan fingerprint density at radius 1 is 0.974 bits per heavy atom. The normalized spacial score (nSPS) is 19.0. The van der Waals surface area contributed by atoms with Crippen molar-refractivity contribution in [2.45, 2.75) is 51.4 Å². The van der Waals surface area contributed by atoms with Gasteiger partial charge in [-0.05, 0) is 61.1 Å². The maximum absolute atomic E-state index is 13.8. The molecule has 0 amide bonds. The summed E-state index contributed by atoms with van der Waals surface area (Å²) < 4.78 is 21.8. The van der Waals surface area contributed by atoms with Gasteiger partial charge in [0.25, 0.3) is 0 Å². The first-order valence-electron chi connectivity index (χ1n) is 12.8. The molecule has 0 aromatic heterocycles. The van der Waals surface area contributed by atoms with Gasteiger partial charge >= 0.3 is 5.97 Å². The molecule has 8 nitrogen and oxygen atoms in total. The smallest absolute Gasteiger partial charge is 0.336 e. The summed E-state index contributed by atoms with van der Waals surface area (Å²) in [5, 5.41) is 13.6. The lowest BCUT2D eigenvalue weighted by atomic mass is 9.71. The number of carbonyl (C=O) groups excluding carboxylic acids is 2. The molecule has 2 aromatic rings. The van der Waals surface area contributed by atoms with Gasteiger partial charge in [0.15, 0.2) is 28.8 Å². The van der Waals surface area contributed by atoms with Crippen LogP contribution in [0.3, 0.4) is 0 Å². The van der Waals surface area contributed by atoms with E-state index in [1.807, 2.05) is 32.0 Å². The van der Waals surface area contributed by atoms with E-state index in [0.29, 0.717) is 46.9 Å². The molecule has 0 spiro atoms. The van der Waals surface area contributed by atoms with Crippen molar-refractivity contribution in [2.75, 3.05) is 27.9 Å². The summed E-state index contributed by atoms with van der Waals surface area (Å²) in [6.07, 6.45) is 2.51. The van der Waals surface area contributed by atoms with Crippen LogP contribution >= 0.6 is 0 Å². The monoisotopic (exact) mass is 521 g/mol. The van der Waals surface area contributed by atoms with Gasteiger partial charge in [0, 0.05) is 29.3 Å². The second kappa shape index (κ2) is 11.6. The first kappa shape index (κ1) is 27.1. The van der Waals surface area contributed by atoms with Crippen LogP contribution in [0.4, 0.5) is 0 Å². The number of benzene rings is 2. The number of phenols is 1. The minimum Gasteiger partial charge on any atom is -0.504 e. The average Bonchev–Trinajstić information content (AvgIpc) is 2.92. The van der Waals surface area contributed by atoms with Crippen molar-refractivity contribution in [3.63, 3.8) is 0 Å². The molecule has 0 radical (unpaired) electrons. The number of ketones is 1. The van der Waals surface area contributed by atoms with Crippen LogP contribution in [0.5, 0.6) is 23.0 Å². The number of hydrogen-bond acceptors (Lipinski definition) is 8. The van der Waals surface area contributed by atoms with E-state index in [2.05, 4.69) is 5.32 Å². The van der Waals surface area contributed by atoms with Gasteiger partial charge < -0.3 is 29.4 Å². The Bertz CT molecular complexity index is 1290. The van der Waals surface area contributed by atoms with Gasteiger partial charge in [0.05, 0.1) is 33.5 Å². The molecule has 202 valence electrons. The standard InChI is InChI=1S/C30H35NO7/c1-6-7-12-38-30(34)27-17(2)31-21-13-20(18-9-11-24(35-3)26(15-18)37-5)14-23(33)29(21)28(27)19-8-10-22(32)25(16-19)36-4/h8-11,15-16,20,28,31-32H,6-7,12-14H2,1-5H3/t20-,28+/m0/s1. The van der Waals surface area contributed by atoms with Crippen molar-refractivity contribution >= 4 is 11.8 Å². The Morgan fingerprint density at radius 2 is 1.66 bits per heavy atom. The first-order valence-corrected chi connectivity index (χ1v) is 12.8. The molecule has 0 bridgehead atoms. The minimum atomic E-state index is -0.645. The number of dihydropyridines is 1. The van der Waals surface area contributed by atoms with Crippen LogP contribution in [-0.4, -0.2) is 44.8 Å². The number of aromatic hydroxyl groups is 1. The largest absolute Gasteiger partial charge is 0.504 e. The molecule has 2 aromatic carbocycles. The third kappa shape index (κ3) is 5.21. The number of rotatable bonds is 9. The fourth-order valence-electron chi connectivity index (χ4n) is 5.25. The third-order valence-corrected chi connectivity index (χ3v) is 7.19. The molecule has 8 heteroatoms. The number of Topliss-reactive ketones (excluding diaryl/α,β-unsaturated/α-hetero) is 1. The molecule has 2 atom stereocenters. The number of hydrogen-bond donors (Lipinski definition) is 2. The molecule has 0 fully saturated rings. The summed E-state index contributed by atoms with van der Waals surface area (Å²) in [4.78, 5) is 27.1. The van der Waals surface area contributed by atoms with E-state index in [1.54, 1.807) is 26.4 Å². The lowest BCUT2D eigenvalue weighted by Gasteiger charge is -2.37. The molecule has 0 unspecified atom stereocenters. The summed E-state index contributed by atoms with van der Waals surface area (Å²) in [5.41, 5.74) is 4.00. The molecule has 1 heterocycles. The number of carbonyl (C=O) groups is 2. The zero-order valence-electron chi connectivity index (χ0n) is 22.6. The van der Waals surface area contributed by atoms with Gasteiger partial charge in [-0.2, -0.15) is 0 Å². The van der Waals surface area contributed by atoms with Crippen molar-refractivity contribution in [1.29, 1.82) is 0 Å². The van der Waals surface area contributed by atoms with Crippen molar-refractivity contribution in [3.8, 4) is 23.0 Å². The summed E-state index contributed by atoms with van der Waals surface area (Å²) in [6, 6.07) is 10.6. The van der Waals surface area contributed by atoms with Gasteiger partial charge in [0.1, 0.15) is 0 Å². The van der Waals surface area contributed by atoms with Crippen LogP contribution in [0.2, 0.25) is 0 Å². The molecule has 38 heavy (non-hydrogen) atoms. The summed E-state index contributed by atoms with van der Waals surface area (Å²) >= 11 is 0. The Kier molecular flexibility index (Phi) is 8.29. The molecule has 2 aliphatic rings. The Morgan fingerprint density at radius 3 is 2.34 bits per heavy atom. The van der Waals surface area contributed by atoms with Crippen molar-refractivity contribution in [3.05, 3.63) is 70.1 Å². The van der Waals surface area contributed by atoms with E-state index in [4.69, 9.17) is 18.9 Å². The second-order valence-corrected chi connectivity index (χ2v) is 9.55. The predicted molar refractivity (Wildman–Crippen MR) is 143 cm³/mol. The highest BCUT2D eigenvalue weighted by Gasteiger charge is 2.41. The van der Waals surface area contributed by atoms with Crippen LogP contribution in [0.1, 0.15) is 62.5 Å². The highest BCUT2D eigenvalue weighted by Crippen LogP contribution is 2.47. The maximum Gasteiger partial charge on any atom is 0.336 e. The molecule has 0 saturated heterocycles. The van der Waals surface area contributed by atoms with Gasteiger partial charge in [-0.15, -0.1) is 0 Å². The van der Waals surface area contributed by atoms with Gasteiger partial charge in [-0.1, -0.05) is 25.5 Å². The number of methoxy groups -OCH3 is 3. The van der Waals surface area contributed by atoms with Gasteiger partial charge in [-0.25, -0.2) is 4.79 Å². The Hall–Kier alpha value is -3.94.